The third-order valence-electron chi connectivity index (χ3n) is 7.07. The van der Waals surface area contributed by atoms with E-state index in [4.69, 9.17) is 9.47 Å². The molecule has 0 radical (unpaired) electrons. The Morgan fingerprint density at radius 2 is 1.73 bits per heavy atom. The van der Waals surface area contributed by atoms with Crippen LogP contribution < -0.4 is 9.47 Å². The number of phenolic OH excluding ortho intramolecular Hbond substituents is 2. The predicted octanol–water partition coefficient (Wildman–Crippen LogP) is 7.48. The van der Waals surface area contributed by atoms with Gasteiger partial charge in [0.25, 0.3) is 0 Å². The molecule has 2 aliphatic heterocycles. The molecule has 2 aliphatic rings. The van der Waals surface area contributed by atoms with Crippen LogP contribution in [0, 0.1) is 0 Å². The van der Waals surface area contributed by atoms with E-state index in [1.807, 2.05) is 26.0 Å². The normalized spacial score (nSPS) is 16.4. The van der Waals surface area contributed by atoms with Crippen molar-refractivity contribution in [2.75, 3.05) is 6.61 Å². The van der Waals surface area contributed by atoms with Gasteiger partial charge in [-0.05, 0) is 71.4 Å². The first-order chi connectivity index (χ1) is 17.7. The van der Waals surface area contributed by atoms with Crippen LogP contribution in [0.25, 0.3) is 0 Å². The Bertz CT molecular complexity index is 1290. The van der Waals surface area contributed by atoms with E-state index >= 15 is 0 Å². The average molecular weight is 503 g/mol. The highest BCUT2D eigenvalue weighted by atomic mass is 16.5. The molecule has 2 heterocycles. The van der Waals surface area contributed by atoms with Crippen LogP contribution in [0.2, 0.25) is 0 Å². The van der Waals surface area contributed by atoms with Crippen LogP contribution >= 0.6 is 0 Å². The van der Waals surface area contributed by atoms with Crippen molar-refractivity contribution in [3.05, 3.63) is 81.0 Å². The Morgan fingerprint density at radius 3 is 2.46 bits per heavy atom. The minimum Gasteiger partial charge on any atom is -0.507 e. The van der Waals surface area contributed by atoms with Crippen LogP contribution in [0.1, 0.15) is 92.6 Å². The molecular weight excluding hydrogens is 464 g/mol. The quantitative estimate of drug-likeness (QED) is 0.366. The molecule has 1 unspecified atom stereocenters. The van der Waals surface area contributed by atoms with E-state index in [2.05, 4.69) is 39.0 Å². The van der Waals surface area contributed by atoms with E-state index in [1.54, 1.807) is 0 Å². The van der Waals surface area contributed by atoms with E-state index in [0.717, 1.165) is 41.7 Å². The number of rotatable bonds is 8. The van der Waals surface area contributed by atoms with Crippen LogP contribution in [0.3, 0.4) is 0 Å². The first-order valence-corrected chi connectivity index (χ1v) is 13.1. The number of hydrogen-bond donors (Lipinski definition) is 2. The summed E-state index contributed by atoms with van der Waals surface area (Å²) in [6.07, 6.45) is 9.91. The number of aromatic hydroxyl groups is 2. The molecule has 196 valence electrons. The summed E-state index contributed by atoms with van der Waals surface area (Å²) < 4.78 is 12.3. The molecule has 0 aliphatic carbocycles. The van der Waals surface area contributed by atoms with Crippen molar-refractivity contribution in [3.8, 4) is 23.0 Å². The molecule has 0 aromatic heterocycles. The predicted molar refractivity (Wildman–Crippen MR) is 147 cm³/mol. The van der Waals surface area contributed by atoms with E-state index in [9.17, 15) is 15.0 Å². The van der Waals surface area contributed by atoms with Crippen LogP contribution in [-0.2, 0) is 19.3 Å². The van der Waals surface area contributed by atoms with Gasteiger partial charge in [0.05, 0.1) is 13.0 Å². The molecule has 0 spiro atoms. The van der Waals surface area contributed by atoms with Crippen molar-refractivity contribution in [3.63, 3.8) is 0 Å². The maximum absolute atomic E-state index is 13.3. The molecule has 0 bridgehead atoms. The number of hydrogen-bond acceptors (Lipinski definition) is 5. The molecule has 2 aromatic rings. The fourth-order valence-electron chi connectivity index (χ4n) is 4.99. The number of allylic oxidation sites excluding steroid dienone is 6. The first-order valence-electron chi connectivity index (χ1n) is 13.1. The lowest BCUT2D eigenvalue weighted by Crippen LogP contribution is -2.22. The fraction of sp³-hybridized carbons (Fsp3) is 0.406. The largest absolute Gasteiger partial charge is 0.507 e. The number of ketones is 1. The van der Waals surface area contributed by atoms with Gasteiger partial charge < -0.3 is 19.7 Å². The van der Waals surface area contributed by atoms with Crippen molar-refractivity contribution in [2.45, 2.75) is 79.2 Å². The van der Waals surface area contributed by atoms with Gasteiger partial charge in [-0.2, -0.15) is 0 Å². The third kappa shape index (κ3) is 5.93. The molecule has 0 fully saturated rings. The van der Waals surface area contributed by atoms with Crippen LogP contribution in [-0.4, -0.2) is 22.6 Å². The highest BCUT2D eigenvalue weighted by Crippen LogP contribution is 2.46. The molecule has 0 amide bonds. The molecule has 2 aromatic carbocycles. The lowest BCUT2D eigenvalue weighted by atomic mass is 9.89. The van der Waals surface area contributed by atoms with Crippen molar-refractivity contribution >= 4 is 5.78 Å². The van der Waals surface area contributed by atoms with Gasteiger partial charge >= 0.3 is 0 Å². The summed E-state index contributed by atoms with van der Waals surface area (Å²) >= 11 is 0. The second-order valence-corrected chi connectivity index (χ2v) is 10.6. The number of carbonyl (C=O) groups is 1. The summed E-state index contributed by atoms with van der Waals surface area (Å²) in [6.45, 7) is 10.9. The minimum atomic E-state index is -0.522. The van der Waals surface area contributed by atoms with E-state index in [1.165, 1.54) is 22.8 Å². The van der Waals surface area contributed by atoms with Gasteiger partial charge in [0.15, 0.2) is 5.78 Å². The van der Waals surface area contributed by atoms with Gasteiger partial charge in [0, 0.05) is 23.6 Å². The summed E-state index contributed by atoms with van der Waals surface area (Å²) in [5.41, 5.74) is 7.33. The number of phenols is 2. The maximum atomic E-state index is 13.3. The van der Waals surface area contributed by atoms with Crippen molar-refractivity contribution < 1.29 is 24.5 Å². The standard InChI is InChI=1S/C32H38O5/c1-19(2)7-6-8-21(5)10-13-24-23(14-11-22-15-16-36-32(22)24)28-18-27(34)30-29(37-28)17-26(33)25(31(30)35)12-9-20(3)4/h7,9-11,14,17,28,33,35H,6,8,12-13,15-16,18H2,1-5H3/b21-10+. The van der Waals surface area contributed by atoms with Crippen molar-refractivity contribution in [1.82, 2.24) is 0 Å². The summed E-state index contributed by atoms with van der Waals surface area (Å²) in [6, 6.07) is 5.57. The minimum absolute atomic E-state index is 0.0744. The fourth-order valence-corrected chi connectivity index (χ4v) is 4.99. The third-order valence-corrected chi connectivity index (χ3v) is 7.07. The zero-order valence-electron chi connectivity index (χ0n) is 22.6. The van der Waals surface area contributed by atoms with E-state index in [0.29, 0.717) is 25.0 Å². The lowest BCUT2D eigenvalue weighted by molar-refractivity contribution is 0.0843. The molecule has 0 saturated carbocycles. The van der Waals surface area contributed by atoms with Crippen LogP contribution in [0.15, 0.2) is 53.1 Å². The van der Waals surface area contributed by atoms with Gasteiger partial charge in [-0.3, -0.25) is 4.79 Å². The summed E-state index contributed by atoms with van der Waals surface area (Å²) in [5, 5.41) is 21.5. The highest BCUT2D eigenvalue weighted by Gasteiger charge is 2.34. The van der Waals surface area contributed by atoms with Gasteiger partial charge in [-0.25, -0.2) is 0 Å². The number of Topliss-reactive ketones (excluding diaryl/α,β-unsaturated/α-hetero) is 1. The summed E-state index contributed by atoms with van der Waals surface area (Å²) in [5.74, 6) is 0.662. The molecule has 2 N–H and O–H groups in total. The topological polar surface area (TPSA) is 76.0 Å². The number of fused-ring (bicyclic) bond motifs is 2. The Kier molecular flexibility index (Phi) is 8.11. The SMILES string of the molecule is CC(C)=CCC/C(C)=C/Cc1c(C2CC(=O)c3c(cc(O)c(CC=C(C)C)c3O)O2)ccc2c1OCC2. The maximum Gasteiger partial charge on any atom is 0.174 e. The molecule has 1 atom stereocenters. The smallest absolute Gasteiger partial charge is 0.174 e. The van der Waals surface area contributed by atoms with E-state index in [-0.39, 0.29) is 35.0 Å². The van der Waals surface area contributed by atoms with Gasteiger partial charge in [0.1, 0.15) is 34.7 Å². The van der Waals surface area contributed by atoms with Gasteiger partial charge in [-0.1, -0.05) is 47.1 Å². The summed E-state index contributed by atoms with van der Waals surface area (Å²) in [4.78, 5) is 13.3. The first kappa shape index (κ1) is 26.6. The average Bonchev–Trinajstić information content (AvgIpc) is 3.30. The second kappa shape index (κ2) is 11.3. The molecule has 37 heavy (non-hydrogen) atoms. The van der Waals surface area contributed by atoms with E-state index < -0.39 is 6.10 Å². The zero-order valence-corrected chi connectivity index (χ0v) is 22.6. The van der Waals surface area contributed by atoms with Crippen molar-refractivity contribution in [1.29, 1.82) is 0 Å². The number of benzene rings is 2. The molecular formula is C32H38O5. The molecule has 5 heteroatoms. The lowest BCUT2D eigenvalue weighted by Gasteiger charge is -2.29. The Labute approximate surface area is 220 Å². The Balaban J connectivity index is 1.66. The number of carbonyl (C=O) groups excluding carboxylic acids is 1. The Morgan fingerprint density at radius 1 is 1.00 bits per heavy atom. The highest BCUT2D eigenvalue weighted by molar-refractivity contribution is 6.03. The number of ether oxygens (including phenoxy) is 2. The van der Waals surface area contributed by atoms with Crippen molar-refractivity contribution in [2.24, 2.45) is 0 Å². The van der Waals surface area contributed by atoms with Crippen LogP contribution in [0.5, 0.6) is 23.0 Å². The molecule has 4 rings (SSSR count). The molecule has 5 nitrogen and oxygen atoms in total. The monoisotopic (exact) mass is 502 g/mol. The van der Waals surface area contributed by atoms with Gasteiger partial charge in [-0.15, -0.1) is 0 Å². The Hall–Kier alpha value is -3.47. The van der Waals surface area contributed by atoms with Crippen LogP contribution in [0.4, 0.5) is 0 Å². The van der Waals surface area contributed by atoms with Gasteiger partial charge in [0.2, 0.25) is 0 Å². The zero-order chi connectivity index (χ0) is 26.7. The second-order valence-electron chi connectivity index (χ2n) is 10.6. The summed E-state index contributed by atoms with van der Waals surface area (Å²) in [7, 11) is 0. The molecule has 0 saturated heterocycles.